The summed E-state index contributed by atoms with van der Waals surface area (Å²) in [6, 6.07) is 0. The Labute approximate surface area is 60.2 Å². The van der Waals surface area contributed by atoms with Crippen molar-refractivity contribution < 1.29 is 14.4 Å². The van der Waals surface area contributed by atoms with Gasteiger partial charge in [0, 0.05) is 0 Å². The second kappa shape index (κ2) is 3.53. The molecule has 2 N–H and O–H groups in total. The van der Waals surface area contributed by atoms with Crippen LogP contribution in [-0.4, -0.2) is 19.7 Å². The molecular weight excluding hydrogens is 134 g/mol. The van der Waals surface area contributed by atoms with Crippen molar-refractivity contribution >= 4 is 5.97 Å². The van der Waals surface area contributed by atoms with Crippen LogP contribution in [0.25, 0.3) is 0 Å². The van der Waals surface area contributed by atoms with Gasteiger partial charge in [-0.15, -0.1) is 0 Å². The van der Waals surface area contributed by atoms with Gasteiger partial charge in [-0.1, -0.05) is 0 Å². The smallest absolute Gasteiger partial charge is 0.313 e. The van der Waals surface area contributed by atoms with E-state index in [4.69, 9.17) is 5.90 Å². The molecule has 10 heavy (non-hydrogen) atoms. The molecule has 0 aliphatic carbocycles. The van der Waals surface area contributed by atoms with Crippen LogP contribution in [0.3, 0.4) is 0 Å². The monoisotopic (exact) mass is 147 g/mol. The van der Waals surface area contributed by atoms with Crippen LogP contribution in [0.4, 0.5) is 0 Å². The summed E-state index contributed by atoms with van der Waals surface area (Å²) in [7, 11) is 1.33. The van der Waals surface area contributed by atoms with Gasteiger partial charge in [-0.05, 0) is 13.8 Å². The molecule has 0 amide bonds. The standard InChI is InChI=1S/C6H13NO3/c1-6(2,4-10-7)5(8)9-3/h4,7H2,1-3H3. The van der Waals surface area contributed by atoms with Crippen LogP contribution in [-0.2, 0) is 14.4 Å². The lowest BCUT2D eigenvalue weighted by atomic mass is 9.95. The molecule has 0 aromatic rings. The number of rotatable bonds is 3. The van der Waals surface area contributed by atoms with Gasteiger partial charge in [0.2, 0.25) is 0 Å². The highest BCUT2D eigenvalue weighted by Gasteiger charge is 2.28. The molecule has 4 heteroatoms. The first-order valence-electron chi connectivity index (χ1n) is 2.94. The fraction of sp³-hybridized carbons (Fsp3) is 0.833. The van der Waals surface area contributed by atoms with Crippen LogP contribution < -0.4 is 5.90 Å². The molecule has 0 aromatic heterocycles. The fourth-order valence-electron chi connectivity index (χ4n) is 0.544. The van der Waals surface area contributed by atoms with E-state index in [0.717, 1.165) is 0 Å². The van der Waals surface area contributed by atoms with Crippen LogP contribution in [0.15, 0.2) is 0 Å². The predicted molar refractivity (Wildman–Crippen MR) is 35.9 cm³/mol. The van der Waals surface area contributed by atoms with E-state index in [9.17, 15) is 4.79 Å². The van der Waals surface area contributed by atoms with Gasteiger partial charge in [0.05, 0.1) is 19.1 Å². The first-order valence-corrected chi connectivity index (χ1v) is 2.94. The van der Waals surface area contributed by atoms with Gasteiger partial charge in [0.1, 0.15) is 0 Å². The maximum absolute atomic E-state index is 10.9. The van der Waals surface area contributed by atoms with Gasteiger partial charge in [0.25, 0.3) is 0 Å². The number of hydrogen-bond acceptors (Lipinski definition) is 4. The Morgan fingerprint density at radius 1 is 1.60 bits per heavy atom. The normalized spacial score (nSPS) is 11.2. The third-order valence-corrected chi connectivity index (χ3v) is 1.18. The van der Waals surface area contributed by atoms with Gasteiger partial charge < -0.3 is 9.57 Å². The number of methoxy groups -OCH3 is 1. The van der Waals surface area contributed by atoms with Crippen LogP contribution in [0, 0.1) is 5.41 Å². The van der Waals surface area contributed by atoms with E-state index in [1.165, 1.54) is 7.11 Å². The van der Waals surface area contributed by atoms with Gasteiger partial charge in [-0.3, -0.25) is 4.79 Å². The summed E-state index contributed by atoms with van der Waals surface area (Å²) in [5.74, 6) is 4.48. The molecule has 0 aliphatic heterocycles. The molecule has 0 saturated heterocycles. The summed E-state index contributed by atoms with van der Waals surface area (Å²) >= 11 is 0. The third kappa shape index (κ3) is 2.33. The van der Waals surface area contributed by atoms with Gasteiger partial charge in [-0.25, -0.2) is 5.90 Å². The highest BCUT2D eigenvalue weighted by molar-refractivity contribution is 5.75. The molecular formula is C6H13NO3. The highest BCUT2D eigenvalue weighted by Crippen LogP contribution is 2.15. The third-order valence-electron chi connectivity index (χ3n) is 1.18. The summed E-state index contributed by atoms with van der Waals surface area (Å²) in [5.41, 5.74) is -0.649. The number of carbonyl (C=O) groups is 1. The lowest BCUT2D eigenvalue weighted by Crippen LogP contribution is -2.31. The Bertz CT molecular complexity index is 122. The second-order valence-electron chi connectivity index (χ2n) is 2.69. The van der Waals surface area contributed by atoms with Crippen molar-refractivity contribution in [2.45, 2.75) is 13.8 Å². The van der Waals surface area contributed by atoms with E-state index in [2.05, 4.69) is 9.57 Å². The minimum absolute atomic E-state index is 0.166. The SMILES string of the molecule is COC(=O)C(C)(C)CON. The Hall–Kier alpha value is -0.610. The number of carbonyl (C=O) groups excluding carboxylic acids is 1. The molecule has 0 atom stereocenters. The van der Waals surface area contributed by atoms with Gasteiger partial charge >= 0.3 is 5.97 Å². The zero-order valence-corrected chi connectivity index (χ0v) is 6.51. The summed E-state index contributed by atoms with van der Waals surface area (Å²) in [5, 5.41) is 0. The van der Waals surface area contributed by atoms with E-state index in [1.54, 1.807) is 13.8 Å². The van der Waals surface area contributed by atoms with Gasteiger partial charge in [0.15, 0.2) is 0 Å². The average molecular weight is 147 g/mol. The minimum atomic E-state index is -0.649. The molecule has 0 aliphatic rings. The van der Waals surface area contributed by atoms with E-state index in [-0.39, 0.29) is 12.6 Å². The maximum Gasteiger partial charge on any atom is 0.313 e. The number of nitrogens with two attached hydrogens (primary N) is 1. The van der Waals surface area contributed by atoms with E-state index in [1.807, 2.05) is 0 Å². The highest BCUT2D eigenvalue weighted by atomic mass is 16.6. The quantitative estimate of drug-likeness (QED) is 0.453. The summed E-state index contributed by atoms with van der Waals surface area (Å²) in [6.07, 6.45) is 0. The fourth-order valence-corrected chi connectivity index (χ4v) is 0.544. The molecule has 0 rings (SSSR count). The Balaban J connectivity index is 3.96. The van der Waals surface area contributed by atoms with Crippen molar-refractivity contribution in [2.75, 3.05) is 13.7 Å². The second-order valence-corrected chi connectivity index (χ2v) is 2.69. The molecule has 0 aromatic carbocycles. The summed E-state index contributed by atoms with van der Waals surface area (Å²) in [6.45, 7) is 3.57. The zero-order valence-electron chi connectivity index (χ0n) is 6.51. The Morgan fingerprint density at radius 2 is 2.10 bits per heavy atom. The topological polar surface area (TPSA) is 61.5 Å². The summed E-state index contributed by atoms with van der Waals surface area (Å²) in [4.78, 5) is 15.2. The lowest BCUT2D eigenvalue weighted by molar-refractivity contribution is -0.154. The van der Waals surface area contributed by atoms with Crippen LogP contribution in [0.5, 0.6) is 0 Å². The van der Waals surface area contributed by atoms with Crippen LogP contribution in [0.2, 0.25) is 0 Å². The van der Waals surface area contributed by atoms with Crippen molar-refractivity contribution in [3.8, 4) is 0 Å². The summed E-state index contributed by atoms with van der Waals surface area (Å²) < 4.78 is 4.49. The van der Waals surface area contributed by atoms with Crippen molar-refractivity contribution in [1.82, 2.24) is 0 Å². The Kier molecular flexibility index (Phi) is 3.32. The molecule has 0 saturated carbocycles. The van der Waals surface area contributed by atoms with E-state index < -0.39 is 5.41 Å². The molecule has 0 unspecified atom stereocenters. The molecule has 0 radical (unpaired) electrons. The van der Waals surface area contributed by atoms with Crippen LogP contribution >= 0.6 is 0 Å². The predicted octanol–water partition coefficient (Wildman–Crippen LogP) is 0.0759. The average Bonchev–Trinajstić information content (AvgIpc) is 1.86. The minimum Gasteiger partial charge on any atom is -0.469 e. The molecule has 4 nitrogen and oxygen atoms in total. The zero-order chi connectivity index (χ0) is 8.20. The molecule has 0 heterocycles. The molecule has 0 bridgehead atoms. The number of hydrogen-bond donors (Lipinski definition) is 1. The maximum atomic E-state index is 10.9. The Morgan fingerprint density at radius 3 is 2.40 bits per heavy atom. The van der Waals surface area contributed by atoms with E-state index >= 15 is 0 Å². The largest absolute Gasteiger partial charge is 0.469 e. The van der Waals surface area contributed by atoms with Crippen molar-refractivity contribution in [2.24, 2.45) is 11.3 Å². The lowest BCUT2D eigenvalue weighted by Gasteiger charge is -2.18. The molecule has 0 fully saturated rings. The van der Waals surface area contributed by atoms with Crippen molar-refractivity contribution in [1.29, 1.82) is 0 Å². The molecule has 60 valence electrons. The number of esters is 1. The van der Waals surface area contributed by atoms with E-state index in [0.29, 0.717) is 0 Å². The van der Waals surface area contributed by atoms with Crippen LogP contribution in [0.1, 0.15) is 13.8 Å². The first-order chi connectivity index (χ1) is 4.54. The van der Waals surface area contributed by atoms with Gasteiger partial charge in [-0.2, -0.15) is 0 Å². The number of ether oxygens (including phenoxy) is 1. The van der Waals surface area contributed by atoms with Crippen molar-refractivity contribution in [3.63, 3.8) is 0 Å². The van der Waals surface area contributed by atoms with Crippen molar-refractivity contribution in [3.05, 3.63) is 0 Å². The molecule has 0 spiro atoms. The first kappa shape index (κ1) is 9.39.